The van der Waals surface area contributed by atoms with Gasteiger partial charge in [0, 0.05) is 0 Å². The van der Waals surface area contributed by atoms with Crippen molar-refractivity contribution < 1.29 is 4.39 Å². The Morgan fingerprint density at radius 1 is 1.16 bits per heavy atom. The summed E-state index contributed by atoms with van der Waals surface area (Å²) in [6.07, 6.45) is 0. The van der Waals surface area contributed by atoms with E-state index in [1.807, 2.05) is 22.8 Å². The highest BCUT2D eigenvalue weighted by Gasteiger charge is 2.08. The van der Waals surface area contributed by atoms with Gasteiger partial charge in [-0.25, -0.2) is 4.39 Å². The van der Waals surface area contributed by atoms with Gasteiger partial charge in [0.25, 0.3) is 0 Å². The molecule has 96 valence electrons. The SMILES string of the molecule is Fc1ccc(Cn2c(=S)[nH]c3cccc(Cl)c32)cc1. The summed E-state index contributed by atoms with van der Waals surface area (Å²) in [4.78, 5) is 3.12. The summed E-state index contributed by atoms with van der Waals surface area (Å²) in [5.41, 5.74) is 2.75. The van der Waals surface area contributed by atoms with Crippen LogP contribution in [-0.4, -0.2) is 9.55 Å². The zero-order valence-electron chi connectivity index (χ0n) is 9.86. The maximum atomic E-state index is 12.9. The van der Waals surface area contributed by atoms with Gasteiger partial charge < -0.3 is 9.55 Å². The minimum Gasteiger partial charge on any atom is -0.331 e. The number of para-hydroxylation sites is 1. The Morgan fingerprint density at radius 2 is 1.89 bits per heavy atom. The van der Waals surface area contributed by atoms with Crippen molar-refractivity contribution in [1.82, 2.24) is 9.55 Å². The van der Waals surface area contributed by atoms with Crippen LogP contribution >= 0.6 is 23.8 Å². The maximum Gasteiger partial charge on any atom is 0.178 e. The highest BCUT2D eigenvalue weighted by atomic mass is 35.5. The Labute approximate surface area is 119 Å². The maximum absolute atomic E-state index is 12.9. The van der Waals surface area contributed by atoms with Crippen LogP contribution in [0.5, 0.6) is 0 Å². The van der Waals surface area contributed by atoms with Gasteiger partial charge in [0.1, 0.15) is 5.82 Å². The average molecular weight is 293 g/mol. The third-order valence-electron chi connectivity index (χ3n) is 3.00. The van der Waals surface area contributed by atoms with Gasteiger partial charge in [-0.2, -0.15) is 0 Å². The highest BCUT2D eigenvalue weighted by molar-refractivity contribution is 7.71. The molecule has 0 aliphatic carbocycles. The van der Waals surface area contributed by atoms with Gasteiger partial charge in [0.2, 0.25) is 0 Å². The van der Waals surface area contributed by atoms with E-state index in [1.165, 1.54) is 12.1 Å². The Bertz CT molecular complexity index is 789. The lowest BCUT2D eigenvalue weighted by atomic mass is 10.2. The molecule has 5 heteroatoms. The van der Waals surface area contributed by atoms with Crippen molar-refractivity contribution in [3.63, 3.8) is 0 Å². The molecule has 0 aliphatic heterocycles. The third-order valence-corrected chi connectivity index (χ3v) is 3.62. The molecule has 0 saturated carbocycles. The molecule has 3 rings (SSSR count). The molecule has 0 atom stereocenters. The highest BCUT2D eigenvalue weighted by Crippen LogP contribution is 2.24. The number of hydrogen-bond donors (Lipinski definition) is 1. The summed E-state index contributed by atoms with van der Waals surface area (Å²) in [7, 11) is 0. The van der Waals surface area contributed by atoms with Crippen molar-refractivity contribution in [2.75, 3.05) is 0 Å². The number of nitrogens with one attached hydrogen (secondary N) is 1. The number of imidazole rings is 1. The fraction of sp³-hybridized carbons (Fsp3) is 0.0714. The van der Waals surface area contributed by atoms with Crippen LogP contribution in [0.3, 0.4) is 0 Å². The molecule has 1 heterocycles. The molecule has 0 amide bonds. The predicted molar refractivity (Wildman–Crippen MR) is 77.6 cm³/mol. The summed E-state index contributed by atoms with van der Waals surface area (Å²) in [5.74, 6) is -0.246. The van der Waals surface area contributed by atoms with E-state index < -0.39 is 0 Å². The predicted octanol–water partition coefficient (Wildman–Crippen LogP) is 4.54. The third kappa shape index (κ3) is 2.29. The van der Waals surface area contributed by atoms with Crippen molar-refractivity contribution in [3.05, 3.63) is 63.6 Å². The van der Waals surface area contributed by atoms with Crippen molar-refractivity contribution in [2.24, 2.45) is 0 Å². The second kappa shape index (κ2) is 4.79. The fourth-order valence-electron chi connectivity index (χ4n) is 2.10. The molecule has 0 unspecified atom stereocenters. The molecule has 3 aromatic rings. The number of H-pyrrole nitrogens is 1. The standard InChI is InChI=1S/C14H10ClFN2S/c15-11-2-1-3-12-13(11)18(14(19)17-12)8-9-4-6-10(16)7-5-9/h1-7H,8H2,(H,17,19). The fourth-order valence-corrected chi connectivity index (χ4v) is 2.64. The van der Waals surface area contributed by atoms with E-state index in [-0.39, 0.29) is 5.82 Å². The summed E-state index contributed by atoms with van der Waals surface area (Å²) >= 11 is 11.5. The van der Waals surface area contributed by atoms with Crippen LogP contribution in [0.4, 0.5) is 4.39 Å². The number of fused-ring (bicyclic) bond motifs is 1. The van der Waals surface area contributed by atoms with Gasteiger partial charge in [0.05, 0.1) is 22.6 Å². The summed E-state index contributed by atoms with van der Waals surface area (Å²) in [5, 5.41) is 0.645. The monoisotopic (exact) mass is 292 g/mol. The molecule has 19 heavy (non-hydrogen) atoms. The van der Waals surface area contributed by atoms with E-state index in [2.05, 4.69) is 4.98 Å². The number of benzene rings is 2. The number of nitrogens with zero attached hydrogens (tertiary/aromatic N) is 1. The van der Waals surface area contributed by atoms with Crippen LogP contribution < -0.4 is 0 Å². The van der Waals surface area contributed by atoms with Gasteiger partial charge >= 0.3 is 0 Å². The van der Waals surface area contributed by atoms with Crippen LogP contribution in [0.1, 0.15) is 5.56 Å². The minimum absolute atomic E-state index is 0.246. The Hall–Kier alpha value is -1.65. The Balaban J connectivity index is 2.12. The van der Waals surface area contributed by atoms with Crippen LogP contribution in [-0.2, 0) is 6.54 Å². The number of aromatic nitrogens is 2. The molecular weight excluding hydrogens is 283 g/mol. The van der Waals surface area contributed by atoms with Crippen molar-refractivity contribution >= 4 is 34.9 Å². The zero-order valence-corrected chi connectivity index (χ0v) is 11.4. The smallest absolute Gasteiger partial charge is 0.178 e. The topological polar surface area (TPSA) is 20.7 Å². The Morgan fingerprint density at radius 3 is 2.63 bits per heavy atom. The van der Waals surface area contributed by atoms with E-state index in [0.717, 1.165) is 16.6 Å². The lowest BCUT2D eigenvalue weighted by Gasteiger charge is -2.06. The minimum atomic E-state index is -0.246. The molecule has 0 bridgehead atoms. The number of hydrogen-bond acceptors (Lipinski definition) is 1. The quantitative estimate of drug-likeness (QED) is 0.688. The molecule has 0 radical (unpaired) electrons. The number of halogens is 2. The second-order valence-electron chi connectivity index (χ2n) is 4.28. The zero-order chi connectivity index (χ0) is 13.4. The van der Waals surface area contributed by atoms with E-state index in [9.17, 15) is 4.39 Å². The molecule has 0 aliphatic rings. The van der Waals surface area contributed by atoms with Crippen LogP contribution in [0, 0.1) is 10.6 Å². The first-order valence-electron chi connectivity index (χ1n) is 5.76. The first kappa shape index (κ1) is 12.4. The summed E-state index contributed by atoms with van der Waals surface area (Å²) in [6, 6.07) is 12.0. The second-order valence-corrected chi connectivity index (χ2v) is 5.07. The molecular formula is C14H10ClFN2S. The average Bonchev–Trinajstić information content (AvgIpc) is 2.70. The Kier molecular flexibility index (Phi) is 3.12. The molecule has 2 nitrogen and oxygen atoms in total. The lowest BCUT2D eigenvalue weighted by Crippen LogP contribution is -2.00. The normalized spacial score (nSPS) is 11.1. The van der Waals surface area contributed by atoms with Gasteiger partial charge in [-0.15, -0.1) is 0 Å². The van der Waals surface area contributed by atoms with Gasteiger partial charge in [-0.05, 0) is 42.0 Å². The van der Waals surface area contributed by atoms with Crippen molar-refractivity contribution in [3.8, 4) is 0 Å². The van der Waals surface area contributed by atoms with E-state index in [1.54, 1.807) is 12.1 Å². The van der Waals surface area contributed by atoms with Crippen LogP contribution in [0.2, 0.25) is 5.02 Å². The van der Waals surface area contributed by atoms with Gasteiger partial charge in [0.15, 0.2) is 4.77 Å². The van der Waals surface area contributed by atoms with E-state index in [0.29, 0.717) is 16.3 Å². The van der Waals surface area contributed by atoms with Gasteiger partial charge in [-0.1, -0.05) is 29.8 Å². The van der Waals surface area contributed by atoms with Crippen LogP contribution in [0.15, 0.2) is 42.5 Å². The first-order chi connectivity index (χ1) is 9.15. The van der Waals surface area contributed by atoms with Crippen molar-refractivity contribution in [1.29, 1.82) is 0 Å². The molecule has 0 spiro atoms. The van der Waals surface area contributed by atoms with Gasteiger partial charge in [-0.3, -0.25) is 0 Å². The summed E-state index contributed by atoms with van der Waals surface area (Å²) in [6.45, 7) is 0.558. The molecule has 1 N–H and O–H groups in total. The molecule has 2 aromatic carbocycles. The molecule has 0 fully saturated rings. The number of aromatic amines is 1. The molecule has 1 aromatic heterocycles. The summed E-state index contributed by atoms with van der Waals surface area (Å²) < 4.78 is 15.4. The first-order valence-corrected chi connectivity index (χ1v) is 6.55. The largest absolute Gasteiger partial charge is 0.331 e. The van der Waals surface area contributed by atoms with Crippen LogP contribution in [0.25, 0.3) is 11.0 Å². The number of rotatable bonds is 2. The van der Waals surface area contributed by atoms with E-state index >= 15 is 0 Å². The lowest BCUT2D eigenvalue weighted by molar-refractivity contribution is 0.626. The van der Waals surface area contributed by atoms with E-state index in [4.69, 9.17) is 23.8 Å². The molecule has 0 saturated heterocycles. The van der Waals surface area contributed by atoms with Crippen molar-refractivity contribution in [2.45, 2.75) is 6.54 Å².